The van der Waals surface area contributed by atoms with Gasteiger partial charge in [-0.3, -0.25) is 0 Å². The molecule has 106 valence electrons. The molecule has 1 unspecified atom stereocenters. The zero-order chi connectivity index (χ0) is 14.1. The number of rotatable bonds is 3. The average Bonchev–Trinajstić information content (AvgIpc) is 3.09. The molecule has 1 aliphatic rings. The van der Waals surface area contributed by atoms with Gasteiger partial charge in [-0.1, -0.05) is 12.8 Å². The second-order valence-electron chi connectivity index (χ2n) is 5.47. The highest BCUT2D eigenvalue weighted by molar-refractivity contribution is 5.59. The lowest BCUT2D eigenvalue weighted by Crippen LogP contribution is -2.17. The molecule has 6 heteroatoms. The van der Waals surface area contributed by atoms with Crippen LogP contribution in [-0.2, 0) is 0 Å². The van der Waals surface area contributed by atoms with Gasteiger partial charge in [-0.05, 0) is 54.3 Å². The first-order valence-electron chi connectivity index (χ1n) is 7.00. The van der Waals surface area contributed by atoms with Gasteiger partial charge in [0.2, 0.25) is 0 Å². The van der Waals surface area contributed by atoms with E-state index >= 15 is 0 Å². The minimum absolute atomic E-state index is 0.180. The second kappa shape index (κ2) is 5.19. The molecule has 5 nitrogen and oxygen atoms in total. The largest absolute Gasteiger partial charge is 0.399 e. The fraction of sp³-hybridized carbons (Fsp3) is 0.500. The zero-order valence-electron chi connectivity index (χ0n) is 11.5. The molecule has 2 aromatic rings. The Morgan fingerprint density at radius 2 is 2.10 bits per heavy atom. The molecule has 1 atom stereocenters. The summed E-state index contributed by atoms with van der Waals surface area (Å²) in [4.78, 5) is 0. The Morgan fingerprint density at radius 3 is 2.80 bits per heavy atom. The molecular formula is C14H18FN5. The normalized spacial score (nSPS) is 17.5. The summed E-state index contributed by atoms with van der Waals surface area (Å²) in [6, 6.07) is 4.78. The van der Waals surface area contributed by atoms with E-state index in [-0.39, 0.29) is 11.9 Å². The molecule has 1 aliphatic carbocycles. The lowest BCUT2D eigenvalue weighted by Gasteiger charge is -2.20. The minimum Gasteiger partial charge on any atom is -0.399 e. The van der Waals surface area contributed by atoms with Gasteiger partial charge in [0.1, 0.15) is 5.82 Å². The van der Waals surface area contributed by atoms with Crippen molar-refractivity contribution in [2.75, 3.05) is 5.73 Å². The van der Waals surface area contributed by atoms with Crippen LogP contribution in [0.1, 0.15) is 38.6 Å². The highest BCUT2D eigenvalue weighted by Crippen LogP contribution is 2.35. The van der Waals surface area contributed by atoms with Crippen molar-refractivity contribution >= 4 is 5.69 Å². The molecule has 0 bridgehead atoms. The highest BCUT2D eigenvalue weighted by Gasteiger charge is 2.26. The molecule has 0 spiro atoms. The molecule has 0 radical (unpaired) electrons. The topological polar surface area (TPSA) is 69.6 Å². The van der Waals surface area contributed by atoms with E-state index in [0.29, 0.717) is 23.0 Å². The number of nitrogens with zero attached hydrogens (tertiary/aromatic N) is 4. The number of aromatic nitrogens is 4. The van der Waals surface area contributed by atoms with E-state index in [4.69, 9.17) is 5.73 Å². The highest BCUT2D eigenvalue weighted by atomic mass is 19.1. The monoisotopic (exact) mass is 275 g/mol. The molecule has 1 heterocycles. The maximum absolute atomic E-state index is 14.0. The van der Waals surface area contributed by atoms with Crippen molar-refractivity contribution in [3.63, 3.8) is 0 Å². The van der Waals surface area contributed by atoms with Crippen molar-refractivity contribution in [3.8, 4) is 11.4 Å². The lowest BCUT2D eigenvalue weighted by molar-refractivity contribution is 0.332. The average molecular weight is 275 g/mol. The molecule has 3 rings (SSSR count). The van der Waals surface area contributed by atoms with Gasteiger partial charge in [0.05, 0.1) is 11.6 Å². The maximum Gasteiger partial charge on any atom is 0.185 e. The van der Waals surface area contributed by atoms with Gasteiger partial charge in [0.25, 0.3) is 0 Å². The molecule has 1 aromatic heterocycles. The molecule has 20 heavy (non-hydrogen) atoms. The van der Waals surface area contributed by atoms with Gasteiger partial charge in [-0.15, -0.1) is 5.10 Å². The van der Waals surface area contributed by atoms with Crippen LogP contribution in [0.2, 0.25) is 0 Å². The van der Waals surface area contributed by atoms with Crippen LogP contribution in [0, 0.1) is 11.7 Å². The summed E-state index contributed by atoms with van der Waals surface area (Å²) in [5.41, 5.74) is 6.37. The molecule has 0 saturated heterocycles. The van der Waals surface area contributed by atoms with E-state index in [0.717, 1.165) is 0 Å². The van der Waals surface area contributed by atoms with Gasteiger partial charge in [0.15, 0.2) is 5.82 Å². The minimum atomic E-state index is -0.389. The van der Waals surface area contributed by atoms with Crippen LogP contribution in [0.15, 0.2) is 18.2 Å². The first-order valence-corrected chi connectivity index (χ1v) is 7.00. The summed E-state index contributed by atoms with van der Waals surface area (Å²) < 4.78 is 15.8. The summed E-state index contributed by atoms with van der Waals surface area (Å²) >= 11 is 0. The van der Waals surface area contributed by atoms with Gasteiger partial charge < -0.3 is 5.73 Å². The van der Waals surface area contributed by atoms with Crippen molar-refractivity contribution in [1.29, 1.82) is 0 Å². The molecule has 0 amide bonds. The number of benzene rings is 1. The van der Waals surface area contributed by atoms with Crippen LogP contribution in [0.3, 0.4) is 0 Å². The van der Waals surface area contributed by atoms with Crippen molar-refractivity contribution < 1.29 is 4.39 Å². The molecule has 1 aromatic carbocycles. The Hall–Kier alpha value is -1.98. The Balaban J connectivity index is 1.97. The lowest BCUT2D eigenvalue weighted by atomic mass is 9.99. The maximum atomic E-state index is 14.0. The van der Waals surface area contributed by atoms with Crippen molar-refractivity contribution in [1.82, 2.24) is 20.2 Å². The number of tetrazole rings is 1. The number of hydrogen-bond donors (Lipinski definition) is 1. The molecule has 2 N–H and O–H groups in total. The predicted molar refractivity (Wildman–Crippen MR) is 74.3 cm³/mol. The summed E-state index contributed by atoms with van der Waals surface area (Å²) in [5.74, 6) is 0.649. The van der Waals surface area contributed by atoms with Crippen molar-refractivity contribution in [3.05, 3.63) is 24.0 Å². The van der Waals surface area contributed by atoms with Gasteiger partial charge >= 0.3 is 0 Å². The third-order valence-corrected chi connectivity index (χ3v) is 4.19. The SMILES string of the molecule is CC(C1CCCC1)n1nnnc1-c1ccc(N)cc1F. The van der Waals surface area contributed by atoms with Crippen LogP contribution >= 0.6 is 0 Å². The standard InChI is InChI=1S/C14H18FN5/c1-9(10-4-2-3-5-10)20-14(17-18-19-20)12-7-6-11(16)8-13(12)15/h6-10H,2-5,16H2,1H3. The smallest absolute Gasteiger partial charge is 0.185 e. The quantitative estimate of drug-likeness (QED) is 0.874. The zero-order valence-corrected chi connectivity index (χ0v) is 11.5. The van der Waals surface area contributed by atoms with Gasteiger partial charge in [-0.25, -0.2) is 9.07 Å². The van der Waals surface area contributed by atoms with E-state index in [1.54, 1.807) is 16.8 Å². The van der Waals surface area contributed by atoms with E-state index in [2.05, 4.69) is 22.4 Å². The fourth-order valence-corrected chi connectivity index (χ4v) is 3.00. The molecule has 1 fully saturated rings. The van der Waals surface area contributed by atoms with Crippen LogP contribution < -0.4 is 5.73 Å². The van der Waals surface area contributed by atoms with E-state index in [1.165, 1.54) is 31.7 Å². The third-order valence-electron chi connectivity index (χ3n) is 4.19. The molecular weight excluding hydrogens is 257 g/mol. The predicted octanol–water partition coefficient (Wildman–Crippen LogP) is 2.81. The Bertz CT molecular complexity index is 603. The third kappa shape index (κ3) is 2.26. The number of hydrogen-bond acceptors (Lipinski definition) is 4. The van der Waals surface area contributed by atoms with Crippen LogP contribution in [0.4, 0.5) is 10.1 Å². The number of nitrogens with two attached hydrogens (primary N) is 1. The summed E-state index contributed by atoms with van der Waals surface area (Å²) in [7, 11) is 0. The van der Waals surface area contributed by atoms with Crippen LogP contribution in [0.25, 0.3) is 11.4 Å². The fourth-order valence-electron chi connectivity index (χ4n) is 3.00. The molecule has 1 saturated carbocycles. The second-order valence-corrected chi connectivity index (χ2v) is 5.47. The number of anilines is 1. The van der Waals surface area contributed by atoms with E-state index in [1.807, 2.05) is 0 Å². The van der Waals surface area contributed by atoms with E-state index < -0.39 is 0 Å². The Kier molecular flexibility index (Phi) is 3.38. The van der Waals surface area contributed by atoms with E-state index in [9.17, 15) is 4.39 Å². The van der Waals surface area contributed by atoms with Gasteiger partial charge in [-0.2, -0.15) is 0 Å². The first-order chi connectivity index (χ1) is 9.66. The number of nitrogen functional groups attached to an aromatic ring is 1. The summed E-state index contributed by atoms with van der Waals surface area (Å²) in [5, 5.41) is 11.8. The number of halogens is 1. The van der Waals surface area contributed by atoms with Crippen molar-refractivity contribution in [2.45, 2.75) is 38.6 Å². The van der Waals surface area contributed by atoms with Gasteiger partial charge in [0, 0.05) is 5.69 Å². The summed E-state index contributed by atoms with van der Waals surface area (Å²) in [6.07, 6.45) is 4.88. The Morgan fingerprint density at radius 1 is 1.35 bits per heavy atom. The van der Waals surface area contributed by atoms with Crippen LogP contribution in [0.5, 0.6) is 0 Å². The first kappa shape index (κ1) is 13.0. The molecule has 0 aliphatic heterocycles. The van der Waals surface area contributed by atoms with Crippen molar-refractivity contribution in [2.24, 2.45) is 5.92 Å². The Labute approximate surface area is 117 Å². The summed E-state index contributed by atoms with van der Waals surface area (Å²) in [6.45, 7) is 2.10. The van der Waals surface area contributed by atoms with Crippen LogP contribution in [-0.4, -0.2) is 20.2 Å².